The molecular formula is C14H25NO3. The lowest BCUT2D eigenvalue weighted by atomic mass is 9.67. The summed E-state index contributed by atoms with van der Waals surface area (Å²) >= 11 is 0. The predicted molar refractivity (Wildman–Crippen MR) is 70.4 cm³/mol. The first-order chi connectivity index (χ1) is 8.11. The summed E-state index contributed by atoms with van der Waals surface area (Å²) in [6, 6.07) is -0.475. The molecule has 4 heteroatoms. The van der Waals surface area contributed by atoms with Crippen LogP contribution in [0.25, 0.3) is 0 Å². The Morgan fingerprint density at radius 2 is 1.89 bits per heavy atom. The molecule has 1 aliphatic rings. The van der Waals surface area contributed by atoms with Gasteiger partial charge in [-0.1, -0.05) is 13.3 Å². The molecule has 1 N–H and O–H groups in total. The zero-order valence-corrected chi connectivity index (χ0v) is 12.1. The lowest BCUT2D eigenvalue weighted by Crippen LogP contribution is -2.43. The van der Waals surface area contributed by atoms with Crippen LogP contribution in [0, 0.1) is 5.41 Å². The Balaban J connectivity index is 2.37. The molecule has 0 aromatic carbocycles. The van der Waals surface area contributed by atoms with E-state index in [1.54, 1.807) is 27.7 Å². The van der Waals surface area contributed by atoms with Gasteiger partial charge in [0.1, 0.15) is 5.60 Å². The van der Waals surface area contributed by atoms with Gasteiger partial charge in [0.2, 0.25) is 0 Å². The molecule has 0 aliphatic heterocycles. The Bertz CT molecular complexity index is 326. The van der Waals surface area contributed by atoms with Crippen molar-refractivity contribution in [2.75, 3.05) is 0 Å². The summed E-state index contributed by atoms with van der Waals surface area (Å²) in [6.45, 7) is 9.25. The molecule has 0 saturated heterocycles. The van der Waals surface area contributed by atoms with Crippen molar-refractivity contribution in [3.8, 4) is 0 Å². The smallest absolute Gasteiger partial charge is 0.408 e. The lowest BCUT2D eigenvalue weighted by molar-refractivity contribution is -0.124. The van der Waals surface area contributed by atoms with E-state index in [4.69, 9.17) is 4.74 Å². The summed E-state index contributed by atoms with van der Waals surface area (Å²) < 4.78 is 5.13. The fourth-order valence-electron chi connectivity index (χ4n) is 2.10. The van der Waals surface area contributed by atoms with E-state index >= 15 is 0 Å². The van der Waals surface area contributed by atoms with Crippen LogP contribution in [0.2, 0.25) is 0 Å². The van der Waals surface area contributed by atoms with E-state index < -0.39 is 17.7 Å². The summed E-state index contributed by atoms with van der Waals surface area (Å²) in [5.41, 5.74) is -0.381. The number of amides is 1. The van der Waals surface area contributed by atoms with Gasteiger partial charge in [0.15, 0.2) is 5.78 Å². The van der Waals surface area contributed by atoms with Crippen LogP contribution in [-0.2, 0) is 9.53 Å². The molecule has 1 rings (SSSR count). The SMILES string of the molecule is C[C@H](NC(=O)OC(C)(C)C)C(=O)CC1(C)CCC1. The first-order valence-corrected chi connectivity index (χ1v) is 6.64. The van der Waals surface area contributed by atoms with Gasteiger partial charge in [0, 0.05) is 6.42 Å². The fraction of sp³-hybridized carbons (Fsp3) is 0.857. The second kappa shape index (κ2) is 5.29. The van der Waals surface area contributed by atoms with Crippen molar-refractivity contribution in [1.29, 1.82) is 0 Å². The largest absolute Gasteiger partial charge is 0.444 e. The van der Waals surface area contributed by atoms with E-state index in [2.05, 4.69) is 12.2 Å². The normalized spacial score (nSPS) is 19.6. The number of hydrogen-bond acceptors (Lipinski definition) is 3. The van der Waals surface area contributed by atoms with Gasteiger partial charge in [0.05, 0.1) is 6.04 Å². The minimum atomic E-state index is -0.535. The van der Waals surface area contributed by atoms with E-state index in [0.29, 0.717) is 6.42 Å². The summed E-state index contributed by atoms with van der Waals surface area (Å²) in [7, 11) is 0. The molecule has 0 aromatic heterocycles. The molecular weight excluding hydrogens is 230 g/mol. The number of ether oxygens (including phenoxy) is 1. The maximum Gasteiger partial charge on any atom is 0.408 e. The first kappa shape index (κ1) is 15.0. The summed E-state index contributed by atoms with van der Waals surface area (Å²) in [4.78, 5) is 23.5. The maximum absolute atomic E-state index is 12.0. The first-order valence-electron chi connectivity index (χ1n) is 6.64. The molecule has 18 heavy (non-hydrogen) atoms. The summed E-state index contributed by atoms with van der Waals surface area (Å²) in [5, 5.41) is 2.60. The highest BCUT2D eigenvalue weighted by Crippen LogP contribution is 2.43. The zero-order valence-electron chi connectivity index (χ0n) is 12.1. The maximum atomic E-state index is 12.0. The Morgan fingerprint density at radius 3 is 2.28 bits per heavy atom. The second-order valence-corrected chi connectivity index (χ2v) is 6.68. The number of rotatable bonds is 4. The van der Waals surface area contributed by atoms with Gasteiger partial charge < -0.3 is 10.1 Å². The Kier molecular flexibility index (Phi) is 4.41. The molecule has 1 saturated carbocycles. The second-order valence-electron chi connectivity index (χ2n) is 6.68. The Hall–Kier alpha value is -1.06. The number of Topliss-reactive ketones (excluding diaryl/α,β-unsaturated/α-hetero) is 1. The number of nitrogens with one attached hydrogen (secondary N) is 1. The molecule has 0 spiro atoms. The van der Waals surface area contributed by atoms with E-state index in [9.17, 15) is 9.59 Å². The molecule has 0 aromatic rings. The number of carbonyl (C=O) groups excluding carboxylic acids is 2. The lowest BCUT2D eigenvalue weighted by Gasteiger charge is -2.38. The van der Waals surface area contributed by atoms with Gasteiger partial charge in [-0.3, -0.25) is 4.79 Å². The molecule has 1 aliphatic carbocycles. The quantitative estimate of drug-likeness (QED) is 0.840. The van der Waals surface area contributed by atoms with Gasteiger partial charge in [0.25, 0.3) is 0 Å². The minimum absolute atomic E-state index is 0.0862. The third kappa shape index (κ3) is 4.67. The van der Waals surface area contributed by atoms with Crippen molar-refractivity contribution in [1.82, 2.24) is 5.32 Å². The van der Waals surface area contributed by atoms with Crippen molar-refractivity contribution in [2.24, 2.45) is 5.41 Å². The molecule has 0 bridgehead atoms. The topological polar surface area (TPSA) is 55.4 Å². The van der Waals surface area contributed by atoms with Gasteiger partial charge >= 0.3 is 6.09 Å². The van der Waals surface area contributed by atoms with Crippen molar-refractivity contribution in [3.05, 3.63) is 0 Å². The number of carbonyl (C=O) groups is 2. The molecule has 0 heterocycles. The summed E-state index contributed by atoms with van der Waals surface area (Å²) in [6.07, 6.45) is 3.44. The van der Waals surface area contributed by atoms with Crippen LogP contribution < -0.4 is 5.32 Å². The monoisotopic (exact) mass is 255 g/mol. The van der Waals surface area contributed by atoms with Crippen molar-refractivity contribution in [3.63, 3.8) is 0 Å². The highest BCUT2D eigenvalue weighted by atomic mass is 16.6. The molecule has 0 radical (unpaired) electrons. The van der Waals surface area contributed by atoms with Crippen LogP contribution in [0.15, 0.2) is 0 Å². The standard InChI is InChI=1S/C14H25NO3/c1-10(15-12(17)18-13(2,3)4)11(16)9-14(5)7-6-8-14/h10H,6-9H2,1-5H3,(H,15,17)/t10-/m0/s1. The van der Waals surface area contributed by atoms with Crippen LogP contribution in [0.3, 0.4) is 0 Å². The van der Waals surface area contributed by atoms with E-state index in [-0.39, 0.29) is 11.2 Å². The van der Waals surface area contributed by atoms with Crippen LogP contribution in [0.5, 0.6) is 0 Å². The van der Waals surface area contributed by atoms with E-state index in [1.807, 2.05) is 0 Å². The highest BCUT2D eigenvalue weighted by Gasteiger charge is 2.35. The number of hydrogen-bond donors (Lipinski definition) is 1. The molecule has 0 unspecified atom stereocenters. The summed E-state index contributed by atoms with van der Waals surface area (Å²) in [5.74, 6) is 0.0862. The predicted octanol–water partition coefficient (Wildman–Crippen LogP) is 3.05. The van der Waals surface area contributed by atoms with E-state index in [0.717, 1.165) is 12.8 Å². The molecule has 1 fully saturated rings. The van der Waals surface area contributed by atoms with Crippen LogP contribution >= 0.6 is 0 Å². The van der Waals surface area contributed by atoms with Crippen LogP contribution in [-0.4, -0.2) is 23.5 Å². The highest BCUT2D eigenvalue weighted by molar-refractivity contribution is 5.87. The molecule has 1 amide bonds. The van der Waals surface area contributed by atoms with Crippen molar-refractivity contribution >= 4 is 11.9 Å². The van der Waals surface area contributed by atoms with E-state index in [1.165, 1.54) is 6.42 Å². The van der Waals surface area contributed by atoms with Gasteiger partial charge in [-0.2, -0.15) is 0 Å². The van der Waals surface area contributed by atoms with Gasteiger partial charge in [-0.05, 0) is 46.0 Å². The van der Waals surface area contributed by atoms with Crippen LogP contribution in [0.4, 0.5) is 4.79 Å². The zero-order chi connectivity index (χ0) is 14.0. The fourth-order valence-corrected chi connectivity index (χ4v) is 2.10. The molecule has 4 nitrogen and oxygen atoms in total. The Morgan fingerprint density at radius 1 is 1.33 bits per heavy atom. The van der Waals surface area contributed by atoms with Gasteiger partial charge in [-0.15, -0.1) is 0 Å². The van der Waals surface area contributed by atoms with Gasteiger partial charge in [-0.25, -0.2) is 4.79 Å². The molecule has 1 atom stereocenters. The van der Waals surface area contributed by atoms with Crippen molar-refractivity contribution in [2.45, 2.75) is 71.9 Å². The number of ketones is 1. The van der Waals surface area contributed by atoms with Crippen molar-refractivity contribution < 1.29 is 14.3 Å². The average molecular weight is 255 g/mol. The van der Waals surface area contributed by atoms with Crippen LogP contribution in [0.1, 0.15) is 60.3 Å². The molecule has 104 valence electrons. The third-order valence-electron chi connectivity index (χ3n) is 3.38. The number of alkyl carbamates (subject to hydrolysis) is 1. The Labute approximate surface area is 109 Å². The average Bonchev–Trinajstić information content (AvgIpc) is 2.11. The minimum Gasteiger partial charge on any atom is -0.444 e. The third-order valence-corrected chi connectivity index (χ3v) is 3.38.